The Kier molecular flexibility index (Phi) is 6.29. The number of hydrogen-bond acceptors (Lipinski definition) is 8. The highest BCUT2D eigenvalue weighted by molar-refractivity contribution is 5.85. The summed E-state index contributed by atoms with van der Waals surface area (Å²) >= 11 is 0. The zero-order valence-corrected chi connectivity index (χ0v) is 15.1. The summed E-state index contributed by atoms with van der Waals surface area (Å²) in [5, 5.41) is 16.6. The van der Waals surface area contributed by atoms with Gasteiger partial charge < -0.3 is 22.9 Å². The second-order valence-electron chi connectivity index (χ2n) is 5.56. The minimum Gasteiger partial charge on any atom is -0.399 e. The first-order chi connectivity index (χ1) is 12.5. The quantitative estimate of drug-likeness (QED) is 0.358. The molecule has 0 amide bonds. The zero-order valence-electron chi connectivity index (χ0n) is 14.3. The molecule has 138 valence electrons. The van der Waals surface area contributed by atoms with Crippen LogP contribution in [0, 0.1) is 0 Å². The van der Waals surface area contributed by atoms with Crippen LogP contribution in [0.25, 0.3) is 0 Å². The maximum atomic E-state index is 5.86. The normalized spacial score (nSPS) is 11.0. The second-order valence-corrected chi connectivity index (χ2v) is 5.56. The number of halogens is 1. The van der Waals surface area contributed by atoms with E-state index in [2.05, 4.69) is 20.5 Å². The van der Waals surface area contributed by atoms with Gasteiger partial charge in [-0.25, -0.2) is 0 Å². The molecule has 3 aromatic rings. The molecule has 8 nitrogen and oxygen atoms in total. The number of hydrogen-bond donors (Lipinski definition) is 4. The lowest BCUT2D eigenvalue weighted by Gasteiger charge is -2.01. The number of benzene rings is 3. The van der Waals surface area contributed by atoms with E-state index in [1.165, 1.54) is 0 Å². The third-order valence-electron chi connectivity index (χ3n) is 3.48. The van der Waals surface area contributed by atoms with Crippen molar-refractivity contribution in [1.29, 1.82) is 0 Å². The molecule has 0 heterocycles. The van der Waals surface area contributed by atoms with Crippen LogP contribution in [0.2, 0.25) is 0 Å². The van der Waals surface area contributed by atoms with Gasteiger partial charge in [0, 0.05) is 11.4 Å². The van der Waals surface area contributed by atoms with E-state index in [-0.39, 0.29) is 12.4 Å². The lowest BCUT2D eigenvalue weighted by atomic mass is 10.2. The van der Waals surface area contributed by atoms with Gasteiger partial charge in [0.2, 0.25) is 0 Å². The monoisotopic (exact) mass is 382 g/mol. The third kappa shape index (κ3) is 5.16. The van der Waals surface area contributed by atoms with Crippen molar-refractivity contribution in [2.45, 2.75) is 0 Å². The second kappa shape index (κ2) is 8.63. The number of nitrogens with two attached hydrogens (primary N) is 4. The molecule has 0 radical (unpaired) electrons. The molecule has 0 aliphatic carbocycles. The summed E-state index contributed by atoms with van der Waals surface area (Å²) in [4.78, 5) is 0. The molecular weight excluding hydrogens is 364 g/mol. The summed E-state index contributed by atoms with van der Waals surface area (Å²) in [6.07, 6.45) is 0. The third-order valence-corrected chi connectivity index (χ3v) is 3.48. The highest BCUT2D eigenvalue weighted by Gasteiger charge is 2.00. The fourth-order valence-corrected chi connectivity index (χ4v) is 2.17. The molecule has 0 aromatic heterocycles. The molecule has 8 N–H and O–H groups in total. The van der Waals surface area contributed by atoms with E-state index in [4.69, 9.17) is 22.9 Å². The number of azo groups is 2. The highest BCUT2D eigenvalue weighted by Crippen LogP contribution is 2.29. The smallest absolute Gasteiger partial charge is 0.109 e. The lowest BCUT2D eigenvalue weighted by Crippen LogP contribution is -1.89. The first-order valence-corrected chi connectivity index (χ1v) is 7.75. The standard InChI is InChI=1S/C18H18N8.ClH/c19-11-4-6-17(15(21)8-11)25-23-13-2-1-3-14(10-13)24-26-18-7-5-12(20)9-16(18)22;/h1-10H,19-22H2;1H. The van der Waals surface area contributed by atoms with Gasteiger partial charge in [0.15, 0.2) is 0 Å². The van der Waals surface area contributed by atoms with E-state index in [0.717, 1.165) is 0 Å². The van der Waals surface area contributed by atoms with Crippen molar-refractivity contribution in [3.63, 3.8) is 0 Å². The van der Waals surface area contributed by atoms with Gasteiger partial charge >= 0.3 is 0 Å². The van der Waals surface area contributed by atoms with Crippen molar-refractivity contribution < 1.29 is 0 Å². The van der Waals surface area contributed by atoms with Crippen LogP contribution in [0.5, 0.6) is 0 Å². The van der Waals surface area contributed by atoms with Crippen LogP contribution < -0.4 is 22.9 Å². The van der Waals surface area contributed by atoms with Crippen LogP contribution in [-0.4, -0.2) is 0 Å². The summed E-state index contributed by atoms with van der Waals surface area (Å²) < 4.78 is 0. The minimum absolute atomic E-state index is 0. The maximum Gasteiger partial charge on any atom is 0.109 e. The molecule has 0 aliphatic heterocycles. The zero-order chi connectivity index (χ0) is 18.5. The Labute approximate surface area is 162 Å². The van der Waals surface area contributed by atoms with Crippen LogP contribution in [-0.2, 0) is 0 Å². The predicted octanol–water partition coefficient (Wildman–Crippen LogP) is 5.27. The number of nitrogen functional groups attached to an aromatic ring is 4. The largest absolute Gasteiger partial charge is 0.399 e. The van der Waals surface area contributed by atoms with E-state index in [1.54, 1.807) is 60.7 Å². The van der Waals surface area contributed by atoms with E-state index in [1.807, 2.05) is 0 Å². The van der Waals surface area contributed by atoms with E-state index < -0.39 is 0 Å². The molecule has 0 saturated heterocycles. The fourth-order valence-electron chi connectivity index (χ4n) is 2.17. The Morgan fingerprint density at radius 3 is 1.37 bits per heavy atom. The van der Waals surface area contributed by atoms with Gasteiger partial charge in [-0.15, -0.1) is 22.6 Å². The van der Waals surface area contributed by atoms with Gasteiger partial charge in [-0.1, -0.05) is 6.07 Å². The first-order valence-electron chi connectivity index (χ1n) is 7.75. The van der Waals surface area contributed by atoms with Crippen molar-refractivity contribution in [3.8, 4) is 0 Å². The molecule has 9 heteroatoms. The molecule has 0 spiro atoms. The summed E-state index contributed by atoms with van der Waals surface area (Å²) in [6, 6.07) is 17.3. The van der Waals surface area contributed by atoms with Gasteiger partial charge in [-0.3, -0.25) is 0 Å². The number of nitrogens with zero attached hydrogens (tertiary/aromatic N) is 4. The highest BCUT2D eigenvalue weighted by atomic mass is 35.5. The molecule has 0 saturated carbocycles. The molecule has 0 bridgehead atoms. The molecule has 27 heavy (non-hydrogen) atoms. The van der Waals surface area contributed by atoms with Crippen molar-refractivity contribution in [1.82, 2.24) is 0 Å². The predicted molar refractivity (Wildman–Crippen MR) is 113 cm³/mol. The fraction of sp³-hybridized carbons (Fsp3) is 0. The summed E-state index contributed by atoms with van der Waals surface area (Å²) in [5.74, 6) is 0. The van der Waals surface area contributed by atoms with Crippen molar-refractivity contribution in [2.24, 2.45) is 20.5 Å². The number of anilines is 4. The summed E-state index contributed by atoms with van der Waals surface area (Å²) in [6.45, 7) is 0. The molecule has 0 unspecified atom stereocenters. The average Bonchev–Trinajstić information content (AvgIpc) is 2.61. The minimum atomic E-state index is 0. The Morgan fingerprint density at radius 1 is 0.519 bits per heavy atom. The van der Waals surface area contributed by atoms with Gasteiger partial charge in [0.25, 0.3) is 0 Å². The van der Waals surface area contributed by atoms with Gasteiger partial charge in [-0.2, -0.15) is 10.2 Å². The van der Waals surface area contributed by atoms with Crippen molar-refractivity contribution >= 4 is 57.9 Å². The van der Waals surface area contributed by atoms with Gasteiger partial charge in [0.05, 0.1) is 22.7 Å². The van der Waals surface area contributed by atoms with Crippen molar-refractivity contribution in [3.05, 3.63) is 60.7 Å². The Hall–Kier alpha value is -3.65. The average molecular weight is 383 g/mol. The molecule has 3 aromatic carbocycles. The lowest BCUT2D eigenvalue weighted by molar-refractivity contribution is 1.21. The summed E-state index contributed by atoms with van der Waals surface area (Å²) in [7, 11) is 0. The van der Waals surface area contributed by atoms with E-state index >= 15 is 0 Å². The van der Waals surface area contributed by atoms with E-state index in [0.29, 0.717) is 45.5 Å². The van der Waals surface area contributed by atoms with Crippen LogP contribution >= 0.6 is 12.4 Å². The SMILES string of the molecule is Cl.Nc1ccc(N=Nc2cccc(N=Nc3ccc(N)cc3N)c2)c(N)c1. The van der Waals surface area contributed by atoms with Crippen LogP contribution in [0.4, 0.5) is 45.5 Å². The molecule has 3 rings (SSSR count). The van der Waals surface area contributed by atoms with Gasteiger partial charge in [-0.05, 0) is 54.6 Å². The topological polar surface area (TPSA) is 154 Å². The maximum absolute atomic E-state index is 5.86. The molecule has 0 atom stereocenters. The number of rotatable bonds is 4. The van der Waals surface area contributed by atoms with Crippen LogP contribution in [0.3, 0.4) is 0 Å². The molecule has 0 aliphatic rings. The summed E-state index contributed by atoms with van der Waals surface area (Å²) in [5.41, 5.74) is 27.4. The molecular formula is C18H19ClN8. The first kappa shape index (κ1) is 19.7. The van der Waals surface area contributed by atoms with Crippen LogP contribution in [0.1, 0.15) is 0 Å². The van der Waals surface area contributed by atoms with Crippen molar-refractivity contribution in [2.75, 3.05) is 22.9 Å². The van der Waals surface area contributed by atoms with Crippen LogP contribution in [0.15, 0.2) is 81.1 Å². The Balaban J connectivity index is 0.00000261. The van der Waals surface area contributed by atoms with Gasteiger partial charge in [0.1, 0.15) is 11.4 Å². The molecule has 0 fully saturated rings. The Morgan fingerprint density at radius 2 is 0.963 bits per heavy atom. The van der Waals surface area contributed by atoms with E-state index in [9.17, 15) is 0 Å². The Bertz CT molecular complexity index is 924.